The summed E-state index contributed by atoms with van der Waals surface area (Å²) >= 11 is 0. The molecule has 0 spiro atoms. The van der Waals surface area contributed by atoms with Crippen LogP contribution in [0.1, 0.15) is 31.2 Å². The topological polar surface area (TPSA) is 104 Å². The van der Waals surface area contributed by atoms with E-state index in [1.807, 2.05) is 30.3 Å². The SMILES string of the molecule is COC(=O)C[C@H]1CCC2O[C@@H]3C(OC(CCOCc4ccccc4)[C@H]3O)C(O)[C@H]2O1. The van der Waals surface area contributed by atoms with E-state index in [1.165, 1.54) is 7.11 Å². The first kappa shape index (κ1) is 21.7. The predicted octanol–water partition coefficient (Wildman–Crippen LogP) is 0.961. The van der Waals surface area contributed by atoms with Gasteiger partial charge in [0, 0.05) is 6.61 Å². The number of rotatable bonds is 7. The molecule has 0 aliphatic carbocycles. The fourth-order valence-electron chi connectivity index (χ4n) is 4.55. The van der Waals surface area contributed by atoms with Crippen LogP contribution >= 0.6 is 0 Å². The summed E-state index contributed by atoms with van der Waals surface area (Å²) in [7, 11) is 1.34. The van der Waals surface area contributed by atoms with E-state index in [2.05, 4.69) is 0 Å². The van der Waals surface area contributed by atoms with Gasteiger partial charge in [0.25, 0.3) is 0 Å². The maximum absolute atomic E-state index is 11.5. The number of aliphatic hydroxyl groups excluding tert-OH is 2. The number of fused-ring (bicyclic) bond motifs is 2. The predicted molar refractivity (Wildman–Crippen MR) is 105 cm³/mol. The average Bonchev–Trinajstić information content (AvgIpc) is 3.08. The van der Waals surface area contributed by atoms with Gasteiger partial charge in [-0.15, -0.1) is 0 Å². The molecule has 3 heterocycles. The molecule has 8 nitrogen and oxygen atoms in total. The molecular formula is C22H30O8. The van der Waals surface area contributed by atoms with Crippen molar-refractivity contribution < 1.29 is 38.7 Å². The summed E-state index contributed by atoms with van der Waals surface area (Å²) < 4.78 is 28.4. The summed E-state index contributed by atoms with van der Waals surface area (Å²) in [5.41, 5.74) is 1.08. The van der Waals surface area contributed by atoms with Crippen LogP contribution in [0, 0.1) is 0 Å². The summed E-state index contributed by atoms with van der Waals surface area (Å²) in [6.07, 6.45) is -2.83. The van der Waals surface area contributed by atoms with Crippen LogP contribution in [-0.4, -0.2) is 78.7 Å². The van der Waals surface area contributed by atoms with Crippen molar-refractivity contribution in [3.05, 3.63) is 35.9 Å². The number of carbonyl (C=O) groups is 1. The zero-order valence-corrected chi connectivity index (χ0v) is 17.1. The van der Waals surface area contributed by atoms with E-state index in [0.717, 1.165) is 5.56 Å². The van der Waals surface area contributed by atoms with E-state index in [-0.39, 0.29) is 24.6 Å². The summed E-state index contributed by atoms with van der Waals surface area (Å²) in [6.45, 7) is 0.923. The lowest BCUT2D eigenvalue weighted by Gasteiger charge is -2.46. The molecule has 3 aliphatic rings. The van der Waals surface area contributed by atoms with Crippen LogP contribution in [-0.2, 0) is 35.1 Å². The Kier molecular flexibility index (Phi) is 7.02. The Morgan fingerprint density at radius 3 is 2.57 bits per heavy atom. The fraction of sp³-hybridized carbons (Fsp3) is 0.682. The number of hydrogen-bond acceptors (Lipinski definition) is 8. The van der Waals surface area contributed by atoms with Gasteiger partial charge >= 0.3 is 5.97 Å². The van der Waals surface area contributed by atoms with Gasteiger partial charge < -0.3 is 33.9 Å². The van der Waals surface area contributed by atoms with Gasteiger partial charge in [0.2, 0.25) is 0 Å². The van der Waals surface area contributed by atoms with Crippen molar-refractivity contribution in [1.29, 1.82) is 0 Å². The van der Waals surface area contributed by atoms with Gasteiger partial charge in [0.1, 0.15) is 30.5 Å². The van der Waals surface area contributed by atoms with E-state index in [9.17, 15) is 15.0 Å². The molecule has 0 saturated carbocycles. The zero-order chi connectivity index (χ0) is 21.1. The highest BCUT2D eigenvalue weighted by molar-refractivity contribution is 5.69. The largest absolute Gasteiger partial charge is 0.469 e. The first-order chi connectivity index (χ1) is 14.6. The second kappa shape index (κ2) is 9.72. The molecule has 3 saturated heterocycles. The molecule has 4 unspecified atom stereocenters. The van der Waals surface area contributed by atoms with E-state index in [1.54, 1.807) is 0 Å². The fourth-order valence-corrected chi connectivity index (χ4v) is 4.55. The number of esters is 1. The molecule has 2 N–H and O–H groups in total. The van der Waals surface area contributed by atoms with Gasteiger partial charge in [-0.05, 0) is 24.8 Å². The van der Waals surface area contributed by atoms with Crippen LogP contribution in [0.2, 0.25) is 0 Å². The van der Waals surface area contributed by atoms with Crippen molar-refractivity contribution >= 4 is 5.97 Å². The third kappa shape index (κ3) is 4.69. The molecule has 0 bridgehead atoms. The highest BCUT2D eigenvalue weighted by atomic mass is 16.6. The maximum Gasteiger partial charge on any atom is 0.308 e. The molecule has 0 radical (unpaired) electrons. The summed E-state index contributed by atoms with van der Waals surface area (Å²) in [5.74, 6) is -0.342. The smallest absolute Gasteiger partial charge is 0.308 e. The molecule has 3 fully saturated rings. The van der Waals surface area contributed by atoms with Gasteiger partial charge in [-0.3, -0.25) is 4.79 Å². The first-order valence-corrected chi connectivity index (χ1v) is 10.6. The first-order valence-electron chi connectivity index (χ1n) is 10.6. The van der Waals surface area contributed by atoms with E-state index in [4.69, 9.17) is 23.7 Å². The number of carbonyl (C=O) groups excluding carboxylic acids is 1. The Bertz CT molecular complexity index is 698. The van der Waals surface area contributed by atoms with Crippen LogP contribution in [0.4, 0.5) is 0 Å². The van der Waals surface area contributed by atoms with Crippen molar-refractivity contribution in [3.63, 3.8) is 0 Å². The minimum absolute atomic E-state index is 0.144. The van der Waals surface area contributed by atoms with Gasteiger partial charge in [-0.1, -0.05) is 30.3 Å². The third-order valence-electron chi connectivity index (χ3n) is 6.15. The number of methoxy groups -OCH3 is 1. The number of aliphatic hydroxyl groups is 2. The Hall–Kier alpha value is -1.55. The monoisotopic (exact) mass is 422 g/mol. The highest BCUT2D eigenvalue weighted by Crippen LogP contribution is 2.39. The second-order valence-corrected chi connectivity index (χ2v) is 8.17. The molecule has 8 heteroatoms. The zero-order valence-electron chi connectivity index (χ0n) is 17.1. The van der Waals surface area contributed by atoms with Gasteiger partial charge in [0.15, 0.2) is 0 Å². The van der Waals surface area contributed by atoms with Crippen molar-refractivity contribution in [2.75, 3.05) is 13.7 Å². The minimum Gasteiger partial charge on any atom is -0.469 e. The van der Waals surface area contributed by atoms with E-state index in [0.29, 0.717) is 32.5 Å². The van der Waals surface area contributed by atoms with Crippen molar-refractivity contribution in [3.8, 4) is 0 Å². The second-order valence-electron chi connectivity index (χ2n) is 8.17. The van der Waals surface area contributed by atoms with Gasteiger partial charge in [-0.25, -0.2) is 0 Å². The lowest BCUT2D eigenvalue weighted by molar-refractivity contribution is -0.259. The van der Waals surface area contributed by atoms with Gasteiger partial charge in [-0.2, -0.15) is 0 Å². The highest BCUT2D eigenvalue weighted by Gasteiger charge is 2.56. The number of ether oxygens (including phenoxy) is 5. The lowest BCUT2D eigenvalue weighted by Crippen LogP contribution is -2.61. The number of hydrogen-bond donors (Lipinski definition) is 2. The summed E-state index contributed by atoms with van der Waals surface area (Å²) in [6, 6.07) is 9.87. The van der Waals surface area contributed by atoms with Crippen LogP contribution in [0.5, 0.6) is 0 Å². The average molecular weight is 422 g/mol. The van der Waals surface area contributed by atoms with Crippen LogP contribution in [0.3, 0.4) is 0 Å². The Balaban J connectivity index is 1.29. The molecule has 1 aromatic carbocycles. The summed E-state index contributed by atoms with van der Waals surface area (Å²) in [4.78, 5) is 11.5. The van der Waals surface area contributed by atoms with Crippen molar-refractivity contribution in [2.24, 2.45) is 0 Å². The normalized spacial score (nSPS) is 38.0. The van der Waals surface area contributed by atoms with E-state index >= 15 is 0 Å². The molecule has 166 valence electrons. The summed E-state index contributed by atoms with van der Waals surface area (Å²) in [5, 5.41) is 21.5. The Morgan fingerprint density at radius 2 is 1.80 bits per heavy atom. The Morgan fingerprint density at radius 1 is 1.03 bits per heavy atom. The molecule has 1 aromatic rings. The molecule has 30 heavy (non-hydrogen) atoms. The molecule has 0 aromatic heterocycles. The van der Waals surface area contributed by atoms with Crippen molar-refractivity contribution in [2.45, 2.75) is 81.1 Å². The Labute approximate surface area is 176 Å². The molecule has 3 aliphatic heterocycles. The third-order valence-corrected chi connectivity index (χ3v) is 6.15. The standard InChI is InChI=1S/C22H30O8/c1-26-17(23)11-14-7-8-16-20(28-14)19(25)22-21(30-16)18(24)15(29-22)9-10-27-12-13-5-3-2-4-6-13/h2-6,14-16,18-22,24-25H,7-12H2,1H3/t14-,15?,16?,18-,19?,20+,21+,22?/m1/s1. The number of benzene rings is 1. The quantitative estimate of drug-likeness (QED) is 0.495. The maximum atomic E-state index is 11.5. The molecule has 8 atom stereocenters. The molecule has 0 amide bonds. The van der Waals surface area contributed by atoms with Crippen LogP contribution in [0.25, 0.3) is 0 Å². The van der Waals surface area contributed by atoms with Crippen LogP contribution < -0.4 is 0 Å². The van der Waals surface area contributed by atoms with Crippen molar-refractivity contribution in [1.82, 2.24) is 0 Å². The van der Waals surface area contributed by atoms with Gasteiger partial charge in [0.05, 0.1) is 38.4 Å². The molecular weight excluding hydrogens is 392 g/mol. The minimum atomic E-state index is -0.931. The van der Waals surface area contributed by atoms with Crippen LogP contribution in [0.15, 0.2) is 30.3 Å². The molecule has 4 rings (SSSR count). The van der Waals surface area contributed by atoms with E-state index < -0.39 is 36.6 Å². The lowest BCUT2D eigenvalue weighted by atomic mass is 9.88.